The van der Waals surface area contributed by atoms with Gasteiger partial charge >= 0.3 is 0 Å². The van der Waals surface area contributed by atoms with Gasteiger partial charge in [0.2, 0.25) is 0 Å². The lowest BCUT2D eigenvalue weighted by Gasteiger charge is -2.15. The summed E-state index contributed by atoms with van der Waals surface area (Å²) in [5.41, 5.74) is 7.08. The molecule has 2 rings (SSSR count). The molecule has 0 radical (unpaired) electrons. The highest BCUT2D eigenvalue weighted by Gasteiger charge is 2.27. The van der Waals surface area contributed by atoms with Gasteiger partial charge in [0.1, 0.15) is 5.76 Å². The van der Waals surface area contributed by atoms with Crippen molar-refractivity contribution in [1.29, 1.82) is 0 Å². The van der Waals surface area contributed by atoms with Crippen molar-refractivity contribution in [3.05, 3.63) is 46.8 Å². The molecule has 0 aliphatic rings. The first-order valence-corrected chi connectivity index (χ1v) is 8.32. The second kappa shape index (κ2) is 9.17. The van der Waals surface area contributed by atoms with Gasteiger partial charge in [-0.3, -0.25) is 4.79 Å². The van der Waals surface area contributed by atoms with Crippen molar-refractivity contribution in [3.8, 4) is 0 Å². The van der Waals surface area contributed by atoms with Crippen LogP contribution in [0.15, 0.2) is 33.7 Å². The van der Waals surface area contributed by atoms with E-state index in [0.717, 1.165) is 17.0 Å². The maximum Gasteiger partial charge on any atom is 0.277 e. The molecule has 0 aliphatic carbocycles. The van der Waals surface area contributed by atoms with E-state index in [9.17, 15) is 13.6 Å². The summed E-state index contributed by atoms with van der Waals surface area (Å²) in [6.45, 7) is 2.07. The van der Waals surface area contributed by atoms with E-state index in [1.807, 2.05) is 13.8 Å². The summed E-state index contributed by atoms with van der Waals surface area (Å²) < 4.78 is 31.5. The number of hydrogen-bond acceptors (Lipinski definition) is 5. The molecule has 0 saturated heterocycles. The minimum Gasteiger partial charge on any atom is -0.361 e. The highest BCUT2D eigenvalue weighted by Crippen LogP contribution is 2.28. The summed E-state index contributed by atoms with van der Waals surface area (Å²) in [4.78, 5) is 12.9. The van der Waals surface area contributed by atoms with Crippen LogP contribution in [0.25, 0.3) is 0 Å². The van der Waals surface area contributed by atoms with E-state index in [4.69, 9.17) is 10.3 Å². The van der Waals surface area contributed by atoms with Crippen LogP contribution in [0.5, 0.6) is 0 Å². The van der Waals surface area contributed by atoms with Crippen LogP contribution in [0, 0.1) is 13.8 Å². The van der Waals surface area contributed by atoms with Gasteiger partial charge in [-0.25, -0.2) is 8.78 Å². The van der Waals surface area contributed by atoms with E-state index >= 15 is 0 Å². The standard InChI is InChI=1S/C16H19F2N3O2S.ClH/c1-10-13(11(2)23-21-10)7-24-14-6-4-3-5-12(14)15(22)20-9-16(17,18)8-19;/h3-6H,7-9,19H2,1-2H3,(H,20,22);1H. The molecule has 3 N–H and O–H groups in total. The van der Waals surface area contributed by atoms with Crippen LogP contribution in [0.3, 0.4) is 0 Å². The van der Waals surface area contributed by atoms with Gasteiger partial charge in [0.15, 0.2) is 0 Å². The van der Waals surface area contributed by atoms with Gasteiger partial charge < -0.3 is 15.6 Å². The average molecular weight is 392 g/mol. The van der Waals surface area contributed by atoms with Gasteiger partial charge in [-0.15, -0.1) is 24.2 Å². The molecule has 0 unspecified atom stereocenters. The Morgan fingerprint density at radius 3 is 2.64 bits per heavy atom. The van der Waals surface area contributed by atoms with Gasteiger partial charge in [0, 0.05) is 16.2 Å². The molecule has 138 valence electrons. The number of carbonyl (C=O) groups is 1. The number of carbonyl (C=O) groups excluding carboxylic acids is 1. The van der Waals surface area contributed by atoms with Crippen LogP contribution in [-0.2, 0) is 5.75 Å². The number of halogens is 3. The fourth-order valence-electron chi connectivity index (χ4n) is 2.01. The summed E-state index contributed by atoms with van der Waals surface area (Å²) in [6, 6.07) is 6.86. The van der Waals surface area contributed by atoms with Crippen molar-refractivity contribution in [3.63, 3.8) is 0 Å². The van der Waals surface area contributed by atoms with Crippen molar-refractivity contribution in [2.45, 2.75) is 30.4 Å². The zero-order valence-electron chi connectivity index (χ0n) is 13.8. The molecule has 1 heterocycles. The van der Waals surface area contributed by atoms with E-state index in [-0.39, 0.29) is 12.4 Å². The summed E-state index contributed by atoms with van der Waals surface area (Å²) in [5, 5.41) is 6.12. The monoisotopic (exact) mass is 391 g/mol. The number of nitrogens with zero attached hydrogens (tertiary/aromatic N) is 1. The van der Waals surface area contributed by atoms with Crippen LogP contribution in [0.2, 0.25) is 0 Å². The number of rotatable bonds is 7. The molecule has 25 heavy (non-hydrogen) atoms. The van der Waals surface area contributed by atoms with Gasteiger partial charge in [-0.05, 0) is 26.0 Å². The third kappa shape index (κ3) is 5.69. The minimum absolute atomic E-state index is 0. The van der Waals surface area contributed by atoms with Gasteiger partial charge in [-0.2, -0.15) is 0 Å². The Kier molecular flexibility index (Phi) is 7.85. The number of amides is 1. The summed E-state index contributed by atoms with van der Waals surface area (Å²) in [5.74, 6) is -2.37. The SMILES string of the molecule is Cc1noc(C)c1CSc1ccccc1C(=O)NCC(F)(F)CN.Cl. The summed E-state index contributed by atoms with van der Waals surface area (Å²) in [7, 11) is 0. The molecule has 9 heteroatoms. The zero-order valence-corrected chi connectivity index (χ0v) is 15.5. The molecule has 1 amide bonds. The summed E-state index contributed by atoms with van der Waals surface area (Å²) in [6.07, 6.45) is 0. The first-order valence-electron chi connectivity index (χ1n) is 7.34. The maximum atomic E-state index is 13.2. The normalized spacial score (nSPS) is 11.1. The second-order valence-corrected chi connectivity index (χ2v) is 6.35. The Bertz CT molecular complexity index is 706. The van der Waals surface area contributed by atoms with Crippen molar-refractivity contribution in [1.82, 2.24) is 10.5 Å². The molecule has 0 aliphatic heterocycles. The van der Waals surface area contributed by atoms with E-state index in [1.165, 1.54) is 11.8 Å². The number of aromatic nitrogens is 1. The Balaban J connectivity index is 0.00000312. The number of thioether (sulfide) groups is 1. The lowest BCUT2D eigenvalue weighted by molar-refractivity contribution is 0.0118. The molecule has 1 aromatic heterocycles. The zero-order chi connectivity index (χ0) is 17.7. The fourth-order valence-corrected chi connectivity index (χ4v) is 3.22. The first kappa shape index (κ1) is 21.4. The van der Waals surface area contributed by atoms with Crippen LogP contribution < -0.4 is 11.1 Å². The second-order valence-electron chi connectivity index (χ2n) is 5.33. The predicted octanol–water partition coefficient (Wildman–Crippen LogP) is 3.33. The number of nitrogens with one attached hydrogen (secondary N) is 1. The fraction of sp³-hybridized carbons (Fsp3) is 0.375. The van der Waals surface area contributed by atoms with Crippen LogP contribution in [0.1, 0.15) is 27.4 Å². The average Bonchev–Trinajstić information content (AvgIpc) is 2.89. The van der Waals surface area contributed by atoms with E-state index < -0.39 is 24.9 Å². The molecular weight excluding hydrogens is 372 g/mol. The summed E-state index contributed by atoms with van der Waals surface area (Å²) >= 11 is 1.43. The highest BCUT2D eigenvalue weighted by molar-refractivity contribution is 7.98. The predicted molar refractivity (Wildman–Crippen MR) is 95.6 cm³/mol. The van der Waals surface area contributed by atoms with Crippen LogP contribution in [0.4, 0.5) is 8.78 Å². The first-order chi connectivity index (χ1) is 11.3. The van der Waals surface area contributed by atoms with Crippen molar-refractivity contribution < 1.29 is 18.1 Å². The molecule has 0 saturated carbocycles. The number of alkyl halides is 2. The highest BCUT2D eigenvalue weighted by atomic mass is 35.5. The van der Waals surface area contributed by atoms with Crippen molar-refractivity contribution in [2.75, 3.05) is 13.1 Å². The largest absolute Gasteiger partial charge is 0.361 e. The Morgan fingerprint density at radius 1 is 1.36 bits per heavy atom. The molecular formula is C16H20ClF2N3O2S. The Morgan fingerprint density at radius 2 is 2.04 bits per heavy atom. The lowest BCUT2D eigenvalue weighted by Crippen LogP contribution is -2.41. The minimum atomic E-state index is -3.12. The van der Waals surface area contributed by atoms with E-state index in [1.54, 1.807) is 24.3 Å². The molecule has 0 fully saturated rings. The molecule has 0 atom stereocenters. The molecule has 0 spiro atoms. The lowest BCUT2D eigenvalue weighted by atomic mass is 10.2. The topological polar surface area (TPSA) is 81.2 Å². The number of nitrogens with two attached hydrogens (primary N) is 1. The number of benzene rings is 1. The quantitative estimate of drug-likeness (QED) is 0.707. The van der Waals surface area contributed by atoms with Crippen molar-refractivity contribution in [2.24, 2.45) is 5.73 Å². The number of hydrogen-bond donors (Lipinski definition) is 2. The molecule has 2 aromatic rings. The third-order valence-corrected chi connectivity index (χ3v) is 4.59. The third-order valence-electron chi connectivity index (χ3n) is 3.49. The van der Waals surface area contributed by atoms with Gasteiger partial charge in [0.25, 0.3) is 11.8 Å². The van der Waals surface area contributed by atoms with Crippen LogP contribution in [-0.4, -0.2) is 30.1 Å². The van der Waals surface area contributed by atoms with E-state index in [0.29, 0.717) is 16.2 Å². The van der Waals surface area contributed by atoms with E-state index in [2.05, 4.69) is 10.5 Å². The number of aryl methyl sites for hydroxylation is 2. The smallest absolute Gasteiger partial charge is 0.277 e. The van der Waals surface area contributed by atoms with Crippen LogP contribution >= 0.6 is 24.2 Å². The van der Waals surface area contributed by atoms with Crippen molar-refractivity contribution >= 4 is 30.1 Å². The van der Waals surface area contributed by atoms with Gasteiger partial charge in [-0.1, -0.05) is 17.3 Å². The van der Waals surface area contributed by atoms with Gasteiger partial charge in [0.05, 0.1) is 24.3 Å². The molecule has 5 nitrogen and oxygen atoms in total. The Labute approximate surface area is 155 Å². The maximum absolute atomic E-state index is 13.2. The molecule has 1 aromatic carbocycles. The Hall–Kier alpha value is -1.64. The molecule has 0 bridgehead atoms.